The van der Waals surface area contributed by atoms with E-state index in [0.717, 1.165) is 16.8 Å². The molecule has 0 unspecified atom stereocenters. The Morgan fingerprint density at radius 3 is 2.39 bits per heavy atom. The quantitative estimate of drug-likeness (QED) is 0.916. The van der Waals surface area contributed by atoms with E-state index in [4.69, 9.17) is 5.11 Å². The fraction of sp³-hybridized carbons (Fsp3) is 0.231. The summed E-state index contributed by atoms with van der Waals surface area (Å²) in [6.07, 6.45) is 0.0255. The summed E-state index contributed by atoms with van der Waals surface area (Å²) in [5, 5.41) is 10.5. The number of nitrogens with zero attached hydrogens (tertiary/aromatic N) is 1. The number of carboxylic acids is 1. The minimum Gasteiger partial charge on any atom is -0.481 e. The van der Waals surface area contributed by atoms with Gasteiger partial charge in [0.15, 0.2) is 0 Å². The number of benzene rings is 1. The Balaban J connectivity index is 2.16. The zero-order chi connectivity index (χ0) is 13.1. The maximum atomic E-state index is 11.6. The molecular weight excluding hydrogens is 250 g/mol. The van der Waals surface area contributed by atoms with Crippen molar-refractivity contribution in [2.45, 2.75) is 19.9 Å². The molecule has 0 saturated heterocycles. The van der Waals surface area contributed by atoms with Crippen LogP contribution in [0.2, 0.25) is 0 Å². The van der Waals surface area contributed by atoms with Gasteiger partial charge in [-0.15, -0.1) is 0 Å². The van der Waals surface area contributed by atoms with Crippen molar-refractivity contribution < 1.29 is 9.90 Å². The van der Waals surface area contributed by atoms with E-state index >= 15 is 0 Å². The van der Waals surface area contributed by atoms with Gasteiger partial charge >= 0.3 is 10.8 Å². The molecule has 0 saturated carbocycles. The van der Waals surface area contributed by atoms with Crippen LogP contribution in [-0.4, -0.2) is 15.6 Å². The minimum absolute atomic E-state index is 0.0255. The minimum atomic E-state index is -0.840. The Kier molecular flexibility index (Phi) is 3.62. The first-order valence-electron chi connectivity index (χ1n) is 5.51. The molecule has 4 nitrogen and oxygen atoms in total. The number of carbonyl (C=O) groups is 1. The maximum absolute atomic E-state index is 11.6. The number of thiazole rings is 1. The standard InChI is InChI=1S/C13H13NO3S/c1-9-8-18-13(17)14(9)7-11-4-2-10(3-5-11)6-12(15)16/h2-5,8H,6-7H2,1H3,(H,15,16). The van der Waals surface area contributed by atoms with Crippen LogP contribution in [0.25, 0.3) is 0 Å². The Bertz CT molecular complexity index is 610. The van der Waals surface area contributed by atoms with Gasteiger partial charge in [0.2, 0.25) is 0 Å². The van der Waals surface area contributed by atoms with Crippen molar-refractivity contribution >= 4 is 17.3 Å². The summed E-state index contributed by atoms with van der Waals surface area (Å²) in [6, 6.07) is 7.30. The van der Waals surface area contributed by atoms with E-state index in [1.165, 1.54) is 11.3 Å². The lowest BCUT2D eigenvalue weighted by molar-refractivity contribution is -0.136. The number of aryl methyl sites for hydroxylation is 1. The topological polar surface area (TPSA) is 59.3 Å². The summed E-state index contributed by atoms with van der Waals surface area (Å²) in [7, 11) is 0. The number of aliphatic carboxylic acids is 1. The van der Waals surface area contributed by atoms with E-state index in [1.54, 1.807) is 16.7 Å². The molecule has 0 spiro atoms. The van der Waals surface area contributed by atoms with E-state index in [-0.39, 0.29) is 11.3 Å². The summed E-state index contributed by atoms with van der Waals surface area (Å²) >= 11 is 1.19. The maximum Gasteiger partial charge on any atom is 0.307 e. The molecule has 1 N–H and O–H groups in total. The van der Waals surface area contributed by atoms with Crippen molar-refractivity contribution in [3.05, 3.63) is 56.1 Å². The van der Waals surface area contributed by atoms with Crippen molar-refractivity contribution in [1.29, 1.82) is 0 Å². The van der Waals surface area contributed by atoms with Crippen molar-refractivity contribution in [3.8, 4) is 0 Å². The van der Waals surface area contributed by atoms with Crippen LogP contribution >= 0.6 is 11.3 Å². The lowest BCUT2D eigenvalue weighted by atomic mass is 10.1. The molecule has 0 bridgehead atoms. The van der Waals surface area contributed by atoms with Crippen LogP contribution in [0.1, 0.15) is 16.8 Å². The number of hydrogen-bond donors (Lipinski definition) is 1. The molecule has 0 fully saturated rings. The van der Waals surface area contributed by atoms with Crippen LogP contribution in [0.15, 0.2) is 34.4 Å². The van der Waals surface area contributed by atoms with Gasteiger partial charge in [-0.05, 0) is 18.1 Å². The van der Waals surface area contributed by atoms with E-state index < -0.39 is 5.97 Å². The van der Waals surface area contributed by atoms with Crippen molar-refractivity contribution in [2.75, 3.05) is 0 Å². The van der Waals surface area contributed by atoms with Crippen LogP contribution < -0.4 is 4.87 Å². The highest BCUT2D eigenvalue weighted by molar-refractivity contribution is 7.07. The molecule has 0 radical (unpaired) electrons. The van der Waals surface area contributed by atoms with Gasteiger partial charge in [0.05, 0.1) is 13.0 Å². The Morgan fingerprint density at radius 2 is 1.89 bits per heavy atom. The second kappa shape index (κ2) is 5.18. The summed E-state index contributed by atoms with van der Waals surface area (Å²) in [4.78, 5) is 22.1. The molecule has 18 heavy (non-hydrogen) atoms. The molecule has 0 aliphatic rings. The van der Waals surface area contributed by atoms with Crippen molar-refractivity contribution in [1.82, 2.24) is 4.57 Å². The average molecular weight is 263 g/mol. The van der Waals surface area contributed by atoms with Crippen LogP contribution in [0.3, 0.4) is 0 Å². The first kappa shape index (κ1) is 12.6. The molecule has 2 aromatic rings. The normalized spacial score (nSPS) is 10.5. The zero-order valence-corrected chi connectivity index (χ0v) is 10.7. The summed E-state index contributed by atoms with van der Waals surface area (Å²) < 4.78 is 1.71. The van der Waals surface area contributed by atoms with E-state index in [1.807, 2.05) is 24.4 Å². The van der Waals surface area contributed by atoms with Gasteiger partial charge in [-0.3, -0.25) is 14.2 Å². The second-order valence-corrected chi connectivity index (χ2v) is 4.94. The highest BCUT2D eigenvalue weighted by atomic mass is 32.1. The Morgan fingerprint density at radius 1 is 1.28 bits per heavy atom. The molecule has 0 amide bonds. The monoisotopic (exact) mass is 263 g/mol. The van der Waals surface area contributed by atoms with E-state index in [2.05, 4.69) is 0 Å². The Hall–Kier alpha value is -1.88. The van der Waals surface area contributed by atoms with Gasteiger partial charge in [-0.2, -0.15) is 0 Å². The summed E-state index contributed by atoms with van der Waals surface area (Å²) in [5.74, 6) is -0.840. The highest BCUT2D eigenvalue weighted by Gasteiger charge is 2.04. The van der Waals surface area contributed by atoms with Gasteiger partial charge in [0.25, 0.3) is 0 Å². The number of hydrogen-bond acceptors (Lipinski definition) is 3. The predicted octanol–water partition coefficient (Wildman–Crippen LogP) is 1.89. The van der Waals surface area contributed by atoms with Gasteiger partial charge in [-0.25, -0.2) is 0 Å². The summed E-state index contributed by atoms with van der Waals surface area (Å²) in [6.45, 7) is 2.43. The third-order valence-corrected chi connectivity index (χ3v) is 3.58. The largest absolute Gasteiger partial charge is 0.481 e. The van der Waals surface area contributed by atoms with Crippen LogP contribution in [0.5, 0.6) is 0 Å². The van der Waals surface area contributed by atoms with Gasteiger partial charge in [-0.1, -0.05) is 35.6 Å². The fourth-order valence-electron chi connectivity index (χ4n) is 1.72. The van der Waals surface area contributed by atoms with Gasteiger partial charge in [0, 0.05) is 11.1 Å². The molecule has 1 aromatic carbocycles. The predicted molar refractivity (Wildman–Crippen MR) is 70.2 cm³/mol. The Labute approximate surface area is 108 Å². The van der Waals surface area contributed by atoms with Crippen molar-refractivity contribution in [3.63, 3.8) is 0 Å². The SMILES string of the molecule is Cc1csc(=O)n1Cc1ccc(CC(=O)O)cc1. The zero-order valence-electron chi connectivity index (χ0n) is 9.92. The van der Waals surface area contributed by atoms with Crippen LogP contribution in [0, 0.1) is 6.92 Å². The molecule has 0 aliphatic carbocycles. The van der Waals surface area contributed by atoms with Gasteiger partial charge < -0.3 is 5.11 Å². The number of aromatic nitrogens is 1. The van der Waals surface area contributed by atoms with E-state index in [9.17, 15) is 9.59 Å². The third kappa shape index (κ3) is 2.87. The lowest BCUT2D eigenvalue weighted by Crippen LogP contribution is -2.15. The molecular formula is C13H13NO3S. The summed E-state index contributed by atoms with van der Waals surface area (Å²) in [5.41, 5.74) is 2.70. The number of rotatable bonds is 4. The highest BCUT2D eigenvalue weighted by Crippen LogP contribution is 2.09. The van der Waals surface area contributed by atoms with Crippen LogP contribution in [-0.2, 0) is 17.8 Å². The average Bonchev–Trinajstić information content (AvgIpc) is 2.63. The number of carboxylic acid groups (broad SMARTS) is 1. The van der Waals surface area contributed by atoms with E-state index in [0.29, 0.717) is 6.54 Å². The van der Waals surface area contributed by atoms with Crippen LogP contribution in [0.4, 0.5) is 0 Å². The molecule has 0 atom stereocenters. The first-order chi connectivity index (χ1) is 8.56. The van der Waals surface area contributed by atoms with Crippen molar-refractivity contribution in [2.24, 2.45) is 0 Å². The molecule has 2 rings (SSSR count). The second-order valence-electron chi connectivity index (χ2n) is 4.12. The van der Waals surface area contributed by atoms with Gasteiger partial charge in [0.1, 0.15) is 0 Å². The molecule has 5 heteroatoms. The lowest BCUT2D eigenvalue weighted by Gasteiger charge is -2.05. The third-order valence-electron chi connectivity index (χ3n) is 2.70. The molecule has 1 heterocycles. The smallest absolute Gasteiger partial charge is 0.307 e. The molecule has 1 aromatic heterocycles. The first-order valence-corrected chi connectivity index (χ1v) is 6.39. The molecule has 94 valence electrons. The fourth-order valence-corrected chi connectivity index (χ4v) is 2.45. The molecule has 0 aliphatic heterocycles.